The molecule has 0 aromatic heterocycles. The number of nitrogens with zero attached hydrogens (tertiary/aromatic N) is 1. The fourth-order valence-electron chi connectivity index (χ4n) is 1.79. The highest BCUT2D eigenvalue weighted by Crippen LogP contribution is 2.39. The first-order chi connectivity index (χ1) is 10.2. The lowest BCUT2D eigenvalue weighted by atomic mass is 10.2. The van der Waals surface area contributed by atoms with Gasteiger partial charge >= 0.3 is 11.4 Å². The van der Waals surface area contributed by atoms with E-state index in [-0.39, 0.29) is 6.54 Å². The number of rotatable bonds is 6. The molecule has 0 amide bonds. The maximum atomic E-state index is 13.4. The summed E-state index contributed by atoms with van der Waals surface area (Å²) in [5, 5.41) is -5.66. The van der Waals surface area contributed by atoms with Gasteiger partial charge in [-0.25, -0.2) is 8.42 Å². The maximum absolute atomic E-state index is 13.4. The predicted octanol–water partition coefficient (Wildman–Crippen LogP) is 2.26. The van der Waals surface area contributed by atoms with Gasteiger partial charge in [-0.1, -0.05) is 30.3 Å². The molecule has 132 valence electrons. The zero-order valence-electron chi connectivity index (χ0n) is 12.0. The van der Waals surface area contributed by atoms with Crippen molar-refractivity contribution >= 4 is 10.1 Å². The van der Waals surface area contributed by atoms with Crippen LogP contribution in [0.25, 0.3) is 0 Å². The summed E-state index contributed by atoms with van der Waals surface area (Å²) in [5.41, 5.74) is 0.465. The standard InChI is InChI=1S/C12H14F5NO4S/c1-18(2,8-9-6-4-3-5-7-9)22-10(11(13,14)15)12(16,17)23(19,20)21/h3-7,10H,8H2,1-2H3. The van der Waals surface area contributed by atoms with E-state index in [0.717, 1.165) is 14.1 Å². The van der Waals surface area contributed by atoms with E-state index < -0.39 is 32.3 Å². The minimum atomic E-state index is -6.57. The monoisotopic (exact) mass is 363 g/mol. The van der Waals surface area contributed by atoms with E-state index in [1.807, 2.05) is 0 Å². The van der Waals surface area contributed by atoms with Gasteiger partial charge in [-0.2, -0.15) is 31.4 Å². The number of benzene rings is 1. The van der Waals surface area contributed by atoms with Crippen molar-refractivity contribution in [1.29, 1.82) is 0 Å². The fraction of sp³-hybridized carbons (Fsp3) is 0.500. The molecule has 0 bridgehead atoms. The predicted molar refractivity (Wildman–Crippen MR) is 67.8 cm³/mol. The van der Waals surface area contributed by atoms with Gasteiger partial charge < -0.3 is 4.55 Å². The van der Waals surface area contributed by atoms with Crippen LogP contribution in [0.1, 0.15) is 5.56 Å². The van der Waals surface area contributed by atoms with Gasteiger partial charge in [0.1, 0.15) is 6.54 Å². The third-order valence-corrected chi connectivity index (χ3v) is 3.61. The Hall–Kier alpha value is -1.30. The molecule has 0 saturated heterocycles. The molecular formula is C12H14F5NO4S. The van der Waals surface area contributed by atoms with Crippen molar-refractivity contribution in [1.82, 2.24) is 0 Å². The lowest BCUT2D eigenvalue weighted by Gasteiger charge is -2.35. The van der Waals surface area contributed by atoms with Gasteiger partial charge in [0.05, 0.1) is 14.1 Å². The van der Waals surface area contributed by atoms with E-state index in [0.29, 0.717) is 5.56 Å². The Morgan fingerprint density at radius 3 is 2.00 bits per heavy atom. The lowest BCUT2D eigenvalue weighted by molar-refractivity contribution is -1.10. The van der Waals surface area contributed by atoms with Crippen molar-refractivity contribution in [2.75, 3.05) is 14.1 Å². The Morgan fingerprint density at radius 1 is 1.13 bits per heavy atom. The molecule has 0 fully saturated rings. The van der Waals surface area contributed by atoms with E-state index in [2.05, 4.69) is 4.84 Å². The number of hydrogen-bond donors (Lipinski definition) is 0. The van der Waals surface area contributed by atoms with Crippen LogP contribution in [0.5, 0.6) is 0 Å². The minimum Gasteiger partial charge on any atom is -0.743 e. The number of quaternary nitrogens is 1. The van der Waals surface area contributed by atoms with Gasteiger partial charge in [0.2, 0.25) is 0 Å². The molecule has 0 aliphatic rings. The van der Waals surface area contributed by atoms with Crippen LogP contribution >= 0.6 is 0 Å². The van der Waals surface area contributed by atoms with E-state index in [9.17, 15) is 34.9 Å². The molecule has 0 radical (unpaired) electrons. The van der Waals surface area contributed by atoms with Crippen molar-refractivity contribution < 1.29 is 44.4 Å². The zero-order chi connectivity index (χ0) is 18.1. The summed E-state index contributed by atoms with van der Waals surface area (Å²) in [4.78, 5) is 4.28. The van der Waals surface area contributed by atoms with Gasteiger partial charge in [-0.15, -0.1) is 0 Å². The molecule has 5 nitrogen and oxygen atoms in total. The molecule has 1 rings (SSSR count). The van der Waals surface area contributed by atoms with Crippen LogP contribution in [0.3, 0.4) is 0 Å². The smallest absolute Gasteiger partial charge is 0.427 e. The average molecular weight is 363 g/mol. The van der Waals surface area contributed by atoms with Crippen molar-refractivity contribution in [2.24, 2.45) is 0 Å². The van der Waals surface area contributed by atoms with E-state index in [1.165, 1.54) is 12.1 Å². The Morgan fingerprint density at radius 2 is 1.61 bits per heavy atom. The van der Waals surface area contributed by atoms with Gasteiger partial charge in [-0.05, 0) is 0 Å². The summed E-state index contributed by atoms with van der Waals surface area (Å²) in [6.45, 7) is -0.262. The zero-order valence-corrected chi connectivity index (χ0v) is 12.9. The fourth-order valence-corrected chi connectivity index (χ4v) is 2.23. The summed E-state index contributed by atoms with van der Waals surface area (Å²) < 4.78 is 95.6. The molecule has 1 aromatic carbocycles. The lowest BCUT2D eigenvalue weighted by Crippen LogP contribution is -2.57. The van der Waals surface area contributed by atoms with Crippen LogP contribution in [0.15, 0.2) is 30.3 Å². The van der Waals surface area contributed by atoms with Gasteiger partial charge in [0.25, 0.3) is 6.10 Å². The van der Waals surface area contributed by atoms with E-state index in [1.54, 1.807) is 18.2 Å². The third kappa shape index (κ3) is 5.09. The summed E-state index contributed by atoms with van der Waals surface area (Å²) >= 11 is 0. The van der Waals surface area contributed by atoms with E-state index >= 15 is 0 Å². The summed E-state index contributed by atoms with van der Waals surface area (Å²) in [7, 11) is -4.51. The van der Waals surface area contributed by atoms with Crippen LogP contribution in [0.2, 0.25) is 0 Å². The number of halogens is 5. The first-order valence-electron chi connectivity index (χ1n) is 6.12. The number of hydroxylamine groups is 3. The van der Waals surface area contributed by atoms with E-state index in [4.69, 9.17) is 0 Å². The van der Waals surface area contributed by atoms with Crippen molar-refractivity contribution in [3.63, 3.8) is 0 Å². The SMILES string of the molecule is C[N+](C)(Cc1ccccc1)OC(C(F)(F)F)C(F)(F)S(=O)(=O)[O-]. The largest absolute Gasteiger partial charge is 0.743 e. The molecule has 0 aliphatic heterocycles. The normalized spacial score (nSPS) is 15.5. The quantitative estimate of drug-likeness (QED) is 0.337. The van der Waals surface area contributed by atoms with Crippen LogP contribution in [0.4, 0.5) is 22.0 Å². The molecule has 11 heteroatoms. The third-order valence-electron chi connectivity index (χ3n) is 2.73. The molecule has 0 N–H and O–H groups in total. The highest BCUT2D eigenvalue weighted by atomic mass is 32.2. The van der Waals surface area contributed by atoms with Crippen LogP contribution in [-0.4, -0.2) is 49.2 Å². The molecular weight excluding hydrogens is 349 g/mol. The van der Waals surface area contributed by atoms with Gasteiger partial charge in [-0.3, -0.25) is 0 Å². The summed E-state index contributed by atoms with van der Waals surface area (Å²) in [5.74, 6) is 0. The van der Waals surface area contributed by atoms with Crippen LogP contribution in [-0.2, 0) is 21.5 Å². The highest BCUT2D eigenvalue weighted by molar-refractivity contribution is 7.86. The number of alkyl halides is 5. The Labute approximate surface area is 129 Å². The van der Waals surface area contributed by atoms with Gasteiger partial charge in [0.15, 0.2) is 10.1 Å². The summed E-state index contributed by atoms with van der Waals surface area (Å²) in [6.07, 6.45) is -9.84. The molecule has 23 heavy (non-hydrogen) atoms. The highest BCUT2D eigenvalue weighted by Gasteiger charge is 2.64. The first-order valence-corrected chi connectivity index (χ1v) is 7.53. The molecule has 0 spiro atoms. The molecule has 0 aliphatic carbocycles. The number of hydrogen-bond acceptors (Lipinski definition) is 4. The second kappa shape index (κ2) is 6.30. The molecule has 0 saturated carbocycles. The Kier molecular flexibility index (Phi) is 5.41. The van der Waals surface area contributed by atoms with Crippen LogP contribution < -0.4 is 0 Å². The molecule has 1 atom stereocenters. The average Bonchev–Trinajstić information content (AvgIpc) is 2.34. The van der Waals surface area contributed by atoms with Gasteiger partial charge in [0, 0.05) is 5.56 Å². The Balaban J connectivity index is 3.11. The van der Waals surface area contributed by atoms with Crippen molar-refractivity contribution in [3.8, 4) is 0 Å². The second-order valence-corrected chi connectivity index (χ2v) is 6.71. The first kappa shape index (κ1) is 19.7. The van der Waals surface area contributed by atoms with Crippen molar-refractivity contribution in [2.45, 2.75) is 24.1 Å². The molecule has 0 heterocycles. The second-order valence-electron chi connectivity index (χ2n) is 5.26. The Bertz CT molecular complexity index is 631. The molecule has 1 unspecified atom stereocenters. The maximum Gasteiger partial charge on any atom is 0.427 e. The van der Waals surface area contributed by atoms with Crippen molar-refractivity contribution in [3.05, 3.63) is 35.9 Å². The topological polar surface area (TPSA) is 66.4 Å². The summed E-state index contributed by atoms with van der Waals surface area (Å²) in [6, 6.07) is 7.84. The van der Waals surface area contributed by atoms with Crippen LogP contribution in [0, 0.1) is 0 Å². The minimum absolute atomic E-state index is 0.262. The molecule has 1 aromatic rings.